The van der Waals surface area contributed by atoms with Gasteiger partial charge in [0.15, 0.2) is 0 Å². The highest BCUT2D eigenvalue weighted by atomic mass is 16.6. The van der Waals surface area contributed by atoms with Gasteiger partial charge in [-0.15, -0.1) is 0 Å². The average Bonchev–Trinajstić information content (AvgIpc) is 2.29. The Bertz CT molecular complexity index is 349. The minimum Gasteiger partial charge on any atom is -0.496 e. The summed E-state index contributed by atoms with van der Waals surface area (Å²) in [6, 6.07) is 6.95. The van der Waals surface area contributed by atoms with Crippen molar-refractivity contribution in [1.82, 2.24) is 0 Å². The van der Waals surface area contributed by atoms with Crippen LogP contribution in [0.15, 0.2) is 24.3 Å². The second kappa shape index (κ2) is 6.12. The van der Waals surface area contributed by atoms with Crippen LogP contribution < -0.4 is 4.74 Å². The van der Waals surface area contributed by atoms with E-state index >= 15 is 0 Å². The minimum atomic E-state index is -0.401. The molecular formula is C12H16O4. The van der Waals surface area contributed by atoms with Crippen LogP contribution in [0.1, 0.15) is 17.3 Å². The van der Waals surface area contributed by atoms with Crippen molar-refractivity contribution in [3.05, 3.63) is 29.8 Å². The Kier molecular flexibility index (Phi) is 4.79. The molecule has 1 atom stereocenters. The molecular weight excluding hydrogens is 208 g/mol. The number of benzene rings is 1. The van der Waals surface area contributed by atoms with E-state index in [0.29, 0.717) is 17.9 Å². The first-order valence-electron chi connectivity index (χ1n) is 5.02. The molecule has 16 heavy (non-hydrogen) atoms. The van der Waals surface area contributed by atoms with E-state index in [1.807, 2.05) is 0 Å². The van der Waals surface area contributed by atoms with E-state index in [2.05, 4.69) is 0 Å². The van der Waals surface area contributed by atoms with Gasteiger partial charge < -0.3 is 14.2 Å². The van der Waals surface area contributed by atoms with E-state index in [0.717, 1.165) is 0 Å². The summed E-state index contributed by atoms with van der Waals surface area (Å²) in [5, 5.41) is 0. The van der Waals surface area contributed by atoms with Gasteiger partial charge in [0.05, 0.1) is 13.7 Å². The predicted molar refractivity (Wildman–Crippen MR) is 59.7 cm³/mol. The molecule has 0 aromatic heterocycles. The van der Waals surface area contributed by atoms with Gasteiger partial charge in [-0.2, -0.15) is 0 Å². The molecule has 1 aromatic rings. The van der Waals surface area contributed by atoms with Crippen LogP contribution in [0.3, 0.4) is 0 Å². The SMILES string of the molecule is COC[C@@H](C)OC(=O)c1ccccc1OC. The van der Waals surface area contributed by atoms with Gasteiger partial charge in [0.1, 0.15) is 17.4 Å². The molecule has 0 aliphatic carbocycles. The van der Waals surface area contributed by atoms with Crippen molar-refractivity contribution in [1.29, 1.82) is 0 Å². The van der Waals surface area contributed by atoms with Gasteiger partial charge in [0.2, 0.25) is 0 Å². The van der Waals surface area contributed by atoms with Crippen molar-refractivity contribution >= 4 is 5.97 Å². The topological polar surface area (TPSA) is 44.8 Å². The van der Waals surface area contributed by atoms with Gasteiger partial charge in [0.25, 0.3) is 0 Å². The Hall–Kier alpha value is -1.55. The van der Waals surface area contributed by atoms with E-state index in [4.69, 9.17) is 14.2 Å². The lowest BCUT2D eigenvalue weighted by Crippen LogP contribution is -2.20. The smallest absolute Gasteiger partial charge is 0.342 e. The van der Waals surface area contributed by atoms with Crippen molar-refractivity contribution < 1.29 is 19.0 Å². The van der Waals surface area contributed by atoms with Crippen molar-refractivity contribution in [2.45, 2.75) is 13.0 Å². The fourth-order valence-corrected chi connectivity index (χ4v) is 1.33. The molecule has 1 aromatic carbocycles. The van der Waals surface area contributed by atoms with Gasteiger partial charge in [0, 0.05) is 7.11 Å². The molecule has 0 fully saturated rings. The predicted octanol–water partition coefficient (Wildman–Crippen LogP) is 1.89. The summed E-state index contributed by atoms with van der Waals surface area (Å²) < 4.78 is 15.1. The second-order valence-electron chi connectivity index (χ2n) is 3.37. The molecule has 4 heteroatoms. The molecule has 0 spiro atoms. The lowest BCUT2D eigenvalue weighted by molar-refractivity contribution is 0.0117. The molecule has 88 valence electrons. The summed E-state index contributed by atoms with van der Waals surface area (Å²) in [4.78, 5) is 11.8. The fraction of sp³-hybridized carbons (Fsp3) is 0.417. The first-order valence-corrected chi connectivity index (χ1v) is 5.02. The zero-order chi connectivity index (χ0) is 12.0. The highest BCUT2D eigenvalue weighted by Crippen LogP contribution is 2.18. The molecule has 0 amide bonds. The van der Waals surface area contributed by atoms with Crippen LogP contribution in [0.2, 0.25) is 0 Å². The molecule has 0 bridgehead atoms. The summed E-state index contributed by atoms with van der Waals surface area (Å²) >= 11 is 0. The largest absolute Gasteiger partial charge is 0.496 e. The summed E-state index contributed by atoms with van der Waals surface area (Å²) in [6.45, 7) is 2.15. The Labute approximate surface area is 95.1 Å². The van der Waals surface area contributed by atoms with Gasteiger partial charge in [-0.05, 0) is 19.1 Å². The third-order valence-electron chi connectivity index (χ3n) is 2.04. The Balaban J connectivity index is 2.72. The van der Waals surface area contributed by atoms with Gasteiger partial charge in [-0.1, -0.05) is 12.1 Å². The lowest BCUT2D eigenvalue weighted by Gasteiger charge is -2.13. The summed E-state index contributed by atoms with van der Waals surface area (Å²) in [5.74, 6) is 0.110. The summed E-state index contributed by atoms with van der Waals surface area (Å²) in [6.07, 6.45) is -0.276. The Morgan fingerprint density at radius 1 is 1.31 bits per heavy atom. The van der Waals surface area contributed by atoms with E-state index < -0.39 is 5.97 Å². The number of methoxy groups -OCH3 is 2. The number of carbonyl (C=O) groups excluding carboxylic acids is 1. The van der Waals surface area contributed by atoms with Crippen molar-refractivity contribution in [2.75, 3.05) is 20.8 Å². The minimum absolute atomic E-state index is 0.276. The van der Waals surface area contributed by atoms with Gasteiger partial charge in [-0.3, -0.25) is 0 Å². The quantitative estimate of drug-likeness (QED) is 0.716. The Morgan fingerprint density at radius 2 is 2.00 bits per heavy atom. The highest BCUT2D eigenvalue weighted by Gasteiger charge is 2.15. The fourth-order valence-electron chi connectivity index (χ4n) is 1.33. The van der Waals surface area contributed by atoms with Crippen LogP contribution in [-0.4, -0.2) is 32.9 Å². The highest BCUT2D eigenvalue weighted by molar-refractivity contribution is 5.92. The third-order valence-corrected chi connectivity index (χ3v) is 2.04. The van der Waals surface area contributed by atoms with E-state index in [9.17, 15) is 4.79 Å². The zero-order valence-electron chi connectivity index (χ0n) is 9.73. The second-order valence-corrected chi connectivity index (χ2v) is 3.37. The van der Waals surface area contributed by atoms with E-state index in [1.54, 1.807) is 38.3 Å². The monoisotopic (exact) mass is 224 g/mol. The van der Waals surface area contributed by atoms with Gasteiger partial charge in [-0.25, -0.2) is 4.79 Å². The number of esters is 1. The van der Waals surface area contributed by atoms with Crippen molar-refractivity contribution in [3.8, 4) is 5.75 Å². The molecule has 0 unspecified atom stereocenters. The molecule has 0 radical (unpaired) electrons. The molecule has 0 aliphatic heterocycles. The Morgan fingerprint density at radius 3 is 2.62 bits per heavy atom. The van der Waals surface area contributed by atoms with E-state index in [-0.39, 0.29) is 6.10 Å². The number of para-hydroxylation sites is 1. The number of carbonyl (C=O) groups is 1. The van der Waals surface area contributed by atoms with Crippen molar-refractivity contribution in [3.63, 3.8) is 0 Å². The number of hydrogen-bond acceptors (Lipinski definition) is 4. The molecule has 0 N–H and O–H groups in total. The van der Waals surface area contributed by atoms with Crippen LogP contribution in [0.25, 0.3) is 0 Å². The summed E-state index contributed by atoms with van der Waals surface area (Å²) in [5.41, 5.74) is 0.424. The molecule has 1 rings (SSSR count). The molecule has 0 saturated carbocycles. The van der Waals surface area contributed by atoms with Crippen molar-refractivity contribution in [2.24, 2.45) is 0 Å². The lowest BCUT2D eigenvalue weighted by atomic mass is 10.2. The number of ether oxygens (including phenoxy) is 3. The van der Waals surface area contributed by atoms with Crippen LogP contribution in [-0.2, 0) is 9.47 Å². The maximum absolute atomic E-state index is 11.8. The molecule has 4 nitrogen and oxygen atoms in total. The number of hydrogen-bond donors (Lipinski definition) is 0. The molecule has 0 saturated heterocycles. The molecule has 0 heterocycles. The van der Waals surface area contributed by atoms with Crippen LogP contribution in [0.4, 0.5) is 0 Å². The van der Waals surface area contributed by atoms with E-state index in [1.165, 1.54) is 7.11 Å². The number of rotatable bonds is 5. The normalized spacial score (nSPS) is 11.9. The third kappa shape index (κ3) is 3.24. The van der Waals surface area contributed by atoms with Crippen LogP contribution in [0.5, 0.6) is 5.75 Å². The van der Waals surface area contributed by atoms with Crippen LogP contribution >= 0.6 is 0 Å². The maximum Gasteiger partial charge on any atom is 0.342 e. The zero-order valence-corrected chi connectivity index (χ0v) is 9.73. The summed E-state index contributed by atoms with van der Waals surface area (Å²) in [7, 11) is 3.08. The average molecular weight is 224 g/mol. The molecule has 0 aliphatic rings. The maximum atomic E-state index is 11.8. The first-order chi connectivity index (χ1) is 7.69. The van der Waals surface area contributed by atoms with Crippen LogP contribution in [0, 0.1) is 0 Å². The van der Waals surface area contributed by atoms with Gasteiger partial charge >= 0.3 is 5.97 Å². The standard InChI is InChI=1S/C12H16O4/c1-9(8-14-2)16-12(13)10-6-4-5-7-11(10)15-3/h4-7,9H,8H2,1-3H3/t9-/m1/s1. The first kappa shape index (κ1) is 12.5.